The summed E-state index contributed by atoms with van der Waals surface area (Å²) in [7, 11) is 1.62. The predicted octanol–water partition coefficient (Wildman–Crippen LogP) is 4.75. The highest BCUT2D eigenvalue weighted by atomic mass is 19.4. The third-order valence-corrected chi connectivity index (χ3v) is 5.96. The summed E-state index contributed by atoms with van der Waals surface area (Å²) in [5.41, 5.74) is 0.896. The lowest BCUT2D eigenvalue weighted by Gasteiger charge is -2.28. The van der Waals surface area contributed by atoms with Crippen LogP contribution in [0.5, 0.6) is 5.75 Å². The molecule has 0 aromatic heterocycles. The molecule has 1 saturated heterocycles. The summed E-state index contributed by atoms with van der Waals surface area (Å²) in [5.74, 6) is -0.705. The highest BCUT2D eigenvalue weighted by Gasteiger charge is 2.51. The third kappa shape index (κ3) is 6.04. The van der Waals surface area contributed by atoms with Gasteiger partial charge in [-0.15, -0.1) is 13.2 Å². The van der Waals surface area contributed by atoms with Gasteiger partial charge in [0.15, 0.2) is 0 Å². The van der Waals surface area contributed by atoms with Crippen LogP contribution in [0.3, 0.4) is 0 Å². The van der Waals surface area contributed by atoms with Gasteiger partial charge in [0.1, 0.15) is 11.3 Å². The quantitative estimate of drug-likeness (QED) is 0.434. The number of para-hydroxylation sites is 1. The lowest BCUT2D eigenvalue weighted by molar-refractivity contribution is -0.275. The van der Waals surface area contributed by atoms with Gasteiger partial charge in [-0.05, 0) is 24.2 Å². The maximum absolute atomic E-state index is 13.7. The van der Waals surface area contributed by atoms with Crippen molar-refractivity contribution in [2.45, 2.75) is 31.3 Å². The van der Waals surface area contributed by atoms with E-state index in [-0.39, 0.29) is 30.4 Å². The van der Waals surface area contributed by atoms with Crippen LogP contribution in [0.25, 0.3) is 0 Å². The van der Waals surface area contributed by atoms with E-state index < -0.39 is 17.9 Å². The second-order valence-corrected chi connectivity index (χ2v) is 8.88. The average molecular weight is 498 g/mol. The molecule has 6 nitrogen and oxygen atoms in total. The molecule has 1 aliphatic rings. The number of hydrogen-bond acceptors (Lipinski definition) is 4. The molecular weight excluding hydrogens is 471 g/mol. The van der Waals surface area contributed by atoms with Gasteiger partial charge in [-0.3, -0.25) is 9.69 Å². The molecule has 1 N–H and O–H groups in total. The van der Waals surface area contributed by atoms with Gasteiger partial charge in [0.25, 0.3) is 5.91 Å². The normalized spacial score (nSPS) is 15.3. The van der Waals surface area contributed by atoms with Gasteiger partial charge in [-0.25, -0.2) is 9.69 Å². The monoisotopic (exact) mass is 497 g/mol. The topological polar surface area (TPSA) is 61.9 Å². The number of carbonyl (C=O) groups is 2. The zero-order valence-corrected chi connectivity index (χ0v) is 19.7. The van der Waals surface area contributed by atoms with Crippen molar-refractivity contribution in [3.63, 3.8) is 0 Å². The van der Waals surface area contributed by atoms with Gasteiger partial charge >= 0.3 is 12.4 Å². The second kappa shape index (κ2) is 10.4. The van der Waals surface area contributed by atoms with Crippen molar-refractivity contribution in [1.82, 2.24) is 15.1 Å². The number of alkyl halides is 3. The first-order valence-electron chi connectivity index (χ1n) is 11.4. The highest BCUT2D eigenvalue weighted by molar-refractivity contribution is 6.07. The van der Waals surface area contributed by atoms with Crippen molar-refractivity contribution in [3.8, 4) is 5.75 Å². The number of benzene rings is 3. The molecule has 0 saturated carbocycles. The van der Waals surface area contributed by atoms with Crippen molar-refractivity contribution in [1.29, 1.82) is 0 Å². The number of urea groups is 1. The van der Waals surface area contributed by atoms with Crippen molar-refractivity contribution in [2.75, 3.05) is 13.7 Å². The summed E-state index contributed by atoms with van der Waals surface area (Å²) in [4.78, 5) is 29.5. The van der Waals surface area contributed by atoms with Crippen LogP contribution in [-0.4, -0.2) is 47.4 Å². The summed E-state index contributed by atoms with van der Waals surface area (Å²) < 4.78 is 42.5. The molecule has 1 heterocycles. The van der Waals surface area contributed by atoms with Crippen molar-refractivity contribution in [3.05, 3.63) is 102 Å². The van der Waals surface area contributed by atoms with Crippen LogP contribution in [0.1, 0.15) is 16.7 Å². The van der Waals surface area contributed by atoms with Gasteiger partial charge < -0.3 is 10.1 Å². The van der Waals surface area contributed by atoms with E-state index >= 15 is 0 Å². The number of rotatable bonds is 9. The second-order valence-electron chi connectivity index (χ2n) is 8.88. The Morgan fingerprint density at radius 2 is 1.39 bits per heavy atom. The van der Waals surface area contributed by atoms with Gasteiger partial charge in [-0.2, -0.15) is 0 Å². The lowest BCUT2D eigenvalue weighted by atomic mass is 9.84. The maximum Gasteiger partial charge on any atom is 0.573 e. The number of carbonyl (C=O) groups excluding carboxylic acids is 2. The van der Waals surface area contributed by atoms with Crippen molar-refractivity contribution < 1.29 is 27.5 Å². The number of nitrogens with zero attached hydrogens (tertiary/aromatic N) is 2. The Morgan fingerprint density at radius 3 is 1.94 bits per heavy atom. The summed E-state index contributed by atoms with van der Waals surface area (Å²) in [6, 6.07) is 24.1. The summed E-state index contributed by atoms with van der Waals surface area (Å²) >= 11 is 0. The molecule has 1 fully saturated rings. The largest absolute Gasteiger partial charge is 0.573 e. The number of nitrogens with one attached hydrogen (secondary N) is 1. The Balaban J connectivity index is 1.54. The van der Waals surface area contributed by atoms with Crippen molar-refractivity contribution >= 4 is 11.9 Å². The lowest BCUT2D eigenvalue weighted by Crippen LogP contribution is -2.51. The van der Waals surface area contributed by atoms with E-state index in [9.17, 15) is 22.8 Å². The minimum atomic E-state index is -4.83. The highest BCUT2D eigenvalue weighted by Crippen LogP contribution is 2.29. The molecule has 188 valence electrons. The van der Waals surface area contributed by atoms with E-state index in [0.29, 0.717) is 12.8 Å². The van der Waals surface area contributed by atoms with E-state index in [1.165, 1.54) is 18.2 Å². The molecule has 3 aromatic carbocycles. The minimum Gasteiger partial charge on any atom is -0.405 e. The number of imide groups is 1. The van der Waals surface area contributed by atoms with E-state index in [1.807, 2.05) is 60.7 Å². The molecule has 1 aliphatic heterocycles. The van der Waals surface area contributed by atoms with Crippen LogP contribution in [0.2, 0.25) is 0 Å². The van der Waals surface area contributed by atoms with Gasteiger partial charge in [0.05, 0.1) is 6.67 Å². The molecule has 0 spiro atoms. The van der Waals surface area contributed by atoms with Crippen LogP contribution in [0, 0.1) is 0 Å². The fourth-order valence-electron chi connectivity index (χ4n) is 4.44. The first-order chi connectivity index (χ1) is 17.2. The molecular formula is C27H26F3N3O3. The summed E-state index contributed by atoms with van der Waals surface area (Å²) in [5, 5.41) is 2.91. The maximum atomic E-state index is 13.7. The number of ether oxygens (including phenoxy) is 1. The Bertz CT molecular complexity index is 1160. The molecule has 9 heteroatoms. The van der Waals surface area contributed by atoms with E-state index in [4.69, 9.17) is 0 Å². The molecule has 3 amide bonds. The summed E-state index contributed by atoms with van der Waals surface area (Å²) in [6.07, 6.45) is -4.22. The Kier molecular flexibility index (Phi) is 7.30. The van der Waals surface area contributed by atoms with E-state index in [0.717, 1.165) is 16.0 Å². The molecule has 0 unspecified atom stereocenters. The molecule has 0 bridgehead atoms. The third-order valence-electron chi connectivity index (χ3n) is 5.96. The van der Waals surface area contributed by atoms with E-state index in [1.54, 1.807) is 18.0 Å². The Morgan fingerprint density at radius 1 is 0.861 bits per heavy atom. The molecule has 0 radical (unpaired) electrons. The van der Waals surface area contributed by atoms with Crippen LogP contribution in [-0.2, 0) is 24.2 Å². The number of hydrogen-bond donors (Lipinski definition) is 1. The van der Waals surface area contributed by atoms with Gasteiger partial charge in [-0.1, -0.05) is 78.9 Å². The SMILES string of the molecule is CN(Cc1ccccc1OC(F)(F)F)CN1C(=O)NC(Cc2ccccc2)(Cc2ccccc2)C1=O. The van der Waals surface area contributed by atoms with Crippen LogP contribution < -0.4 is 10.1 Å². The Hall–Kier alpha value is -3.85. The molecule has 36 heavy (non-hydrogen) atoms. The number of halogens is 3. The molecule has 0 aliphatic carbocycles. The minimum absolute atomic E-state index is 0.0354. The van der Waals surface area contributed by atoms with Gasteiger partial charge in [0.2, 0.25) is 0 Å². The predicted molar refractivity (Wildman–Crippen MR) is 128 cm³/mol. The van der Waals surface area contributed by atoms with Crippen LogP contribution in [0.4, 0.5) is 18.0 Å². The van der Waals surface area contributed by atoms with Crippen LogP contribution in [0.15, 0.2) is 84.9 Å². The van der Waals surface area contributed by atoms with Crippen LogP contribution >= 0.6 is 0 Å². The smallest absolute Gasteiger partial charge is 0.405 e. The van der Waals surface area contributed by atoms with Gasteiger partial charge in [0, 0.05) is 24.9 Å². The number of amides is 3. The Labute approximate surface area is 207 Å². The molecule has 4 rings (SSSR count). The average Bonchev–Trinajstić information content (AvgIpc) is 3.04. The molecule has 3 aromatic rings. The van der Waals surface area contributed by atoms with E-state index in [2.05, 4.69) is 10.1 Å². The zero-order valence-electron chi connectivity index (χ0n) is 19.7. The molecule has 0 atom stereocenters. The first-order valence-corrected chi connectivity index (χ1v) is 11.4. The van der Waals surface area contributed by atoms with Crippen molar-refractivity contribution in [2.24, 2.45) is 0 Å². The standard InChI is InChI=1S/C27H26F3N3O3/c1-32(18-22-14-8-9-15-23(22)36-27(28,29)30)19-33-24(34)26(31-25(33)35,16-20-10-4-2-5-11-20)17-21-12-6-3-7-13-21/h2-15H,16-19H2,1H3,(H,31,35). The fraction of sp³-hybridized carbons (Fsp3) is 0.259. The summed E-state index contributed by atoms with van der Waals surface area (Å²) in [6.45, 7) is -0.0654. The first kappa shape index (κ1) is 25.2. The zero-order chi connectivity index (χ0) is 25.8. The fourth-order valence-corrected chi connectivity index (χ4v) is 4.44.